The third kappa shape index (κ3) is 4.32. The quantitative estimate of drug-likeness (QED) is 0.746. The topological polar surface area (TPSA) is 42.4 Å². The standard InChI is InChI=1S/C19H20F2N2O2/c20-16-8-7-14(12-17(16)21)18-5-2-10-23(18)19(24)6-3-11-25-15-4-1-9-22-13-15/h1,4,7-9,12-13,18H,2-3,5-6,10-11H2/t18-/m1/s1. The van der Waals surface area contributed by atoms with Crippen molar-refractivity contribution in [1.29, 1.82) is 0 Å². The molecular weight excluding hydrogens is 326 g/mol. The monoisotopic (exact) mass is 346 g/mol. The minimum absolute atomic E-state index is 0.0158. The van der Waals surface area contributed by atoms with Crippen molar-refractivity contribution in [3.8, 4) is 5.75 Å². The molecule has 3 rings (SSSR count). The smallest absolute Gasteiger partial charge is 0.223 e. The molecule has 1 aliphatic rings. The fraction of sp³-hybridized carbons (Fsp3) is 0.368. The molecule has 1 saturated heterocycles. The molecule has 0 bridgehead atoms. The van der Waals surface area contributed by atoms with E-state index in [2.05, 4.69) is 4.98 Å². The number of carbonyl (C=O) groups excluding carboxylic acids is 1. The van der Waals surface area contributed by atoms with Crippen molar-refractivity contribution in [2.45, 2.75) is 31.7 Å². The Balaban J connectivity index is 1.53. The summed E-state index contributed by atoms with van der Waals surface area (Å²) in [6, 6.07) is 7.29. The molecule has 2 aromatic rings. The van der Waals surface area contributed by atoms with Crippen molar-refractivity contribution in [1.82, 2.24) is 9.88 Å². The van der Waals surface area contributed by atoms with Gasteiger partial charge in [0, 0.05) is 19.2 Å². The minimum atomic E-state index is -0.873. The van der Waals surface area contributed by atoms with Crippen molar-refractivity contribution < 1.29 is 18.3 Å². The molecule has 0 N–H and O–H groups in total. The Labute approximate surface area is 145 Å². The van der Waals surface area contributed by atoms with Gasteiger partial charge in [-0.05, 0) is 49.1 Å². The van der Waals surface area contributed by atoms with Gasteiger partial charge >= 0.3 is 0 Å². The molecule has 25 heavy (non-hydrogen) atoms. The van der Waals surface area contributed by atoms with Crippen LogP contribution in [-0.2, 0) is 4.79 Å². The SMILES string of the molecule is O=C(CCCOc1cccnc1)N1CCC[C@@H]1c1ccc(F)c(F)c1. The van der Waals surface area contributed by atoms with Gasteiger partial charge in [0.15, 0.2) is 11.6 Å². The molecule has 6 heteroatoms. The van der Waals surface area contributed by atoms with Crippen LogP contribution in [0.25, 0.3) is 0 Å². The maximum absolute atomic E-state index is 13.5. The number of carbonyl (C=O) groups is 1. The highest BCUT2D eigenvalue weighted by molar-refractivity contribution is 5.77. The van der Waals surface area contributed by atoms with E-state index in [-0.39, 0.29) is 11.9 Å². The lowest BCUT2D eigenvalue weighted by molar-refractivity contribution is -0.132. The summed E-state index contributed by atoms with van der Waals surface area (Å²) < 4.78 is 32.1. The second kappa shape index (κ2) is 8.05. The predicted molar refractivity (Wildman–Crippen MR) is 89.0 cm³/mol. The normalized spacial score (nSPS) is 16.9. The molecule has 1 aromatic heterocycles. The zero-order valence-electron chi connectivity index (χ0n) is 13.8. The number of nitrogens with zero attached hydrogens (tertiary/aromatic N) is 2. The van der Waals surface area contributed by atoms with Crippen LogP contribution in [-0.4, -0.2) is 28.9 Å². The van der Waals surface area contributed by atoms with Crippen LogP contribution < -0.4 is 4.74 Å². The van der Waals surface area contributed by atoms with Crippen LogP contribution in [0.4, 0.5) is 8.78 Å². The first kappa shape index (κ1) is 17.3. The fourth-order valence-electron chi connectivity index (χ4n) is 3.12. The summed E-state index contributed by atoms with van der Waals surface area (Å²) in [6.45, 7) is 1.08. The molecule has 4 nitrogen and oxygen atoms in total. The summed E-state index contributed by atoms with van der Waals surface area (Å²) in [5.74, 6) is -1.05. The molecule has 1 aromatic carbocycles. The van der Waals surface area contributed by atoms with Crippen LogP contribution in [0, 0.1) is 11.6 Å². The Morgan fingerprint density at radius 3 is 2.92 bits per heavy atom. The molecular formula is C19H20F2N2O2. The van der Waals surface area contributed by atoms with Gasteiger partial charge in [-0.3, -0.25) is 9.78 Å². The number of halogens is 2. The Morgan fingerprint density at radius 1 is 1.28 bits per heavy atom. The number of amides is 1. The Morgan fingerprint density at radius 2 is 2.16 bits per heavy atom. The molecule has 1 fully saturated rings. The lowest BCUT2D eigenvalue weighted by Gasteiger charge is -2.25. The molecule has 0 aliphatic carbocycles. The second-order valence-electron chi connectivity index (χ2n) is 6.06. The number of pyridine rings is 1. The van der Waals surface area contributed by atoms with E-state index in [9.17, 15) is 13.6 Å². The zero-order valence-corrected chi connectivity index (χ0v) is 13.8. The van der Waals surface area contributed by atoms with E-state index in [0.29, 0.717) is 37.3 Å². The average molecular weight is 346 g/mol. The van der Waals surface area contributed by atoms with Gasteiger partial charge < -0.3 is 9.64 Å². The van der Waals surface area contributed by atoms with Crippen LogP contribution in [0.5, 0.6) is 5.75 Å². The van der Waals surface area contributed by atoms with Gasteiger partial charge in [-0.15, -0.1) is 0 Å². The van der Waals surface area contributed by atoms with Crippen molar-refractivity contribution in [3.05, 3.63) is 59.9 Å². The van der Waals surface area contributed by atoms with Gasteiger partial charge in [-0.2, -0.15) is 0 Å². The van der Waals surface area contributed by atoms with E-state index < -0.39 is 11.6 Å². The largest absolute Gasteiger partial charge is 0.492 e. The third-order valence-corrected chi connectivity index (χ3v) is 4.34. The first-order valence-electron chi connectivity index (χ1n) is 8.42. The molecule has 0 saturated carbocycles. The van der Waals surface area contributed by atoms with Crippen LogP contribution in [0.1, 0.15) is 37.3 Å². The number of aromatic nitrogens is 1. The van der Waals surface area contributed by atoms with E-state index in [1.165, 1.54) is 6.07 Å². The van der Waals surface area contributed by atoms with E-state index >= 15 is 0 Å². The van der Waals surface area contributed by atoms with E-state index in [4.69, 9.17) is 4.74 Å². The highest BCUT2D eigenvalue weighted by Crippen LogP contribution is 2.33. The Bertz CT molecular complexity index is 725. The summed E-state index contributed by atoms with van der Waals surface area (Å²) in [5.41, 5.74) is 0.649. The molecule has 1 atom stereocenters. The molecule has 1 aliphatic heterocycles. The lowest BCUT2D eigenvalue weighted by atomic mass is 10.0. The summed E-state index contributed by atoms with van der Waals surface area (Å²) in [4.78, 5) is 18.2. The number of rotatable bonds is 6. The van der Waals surface area contributed by atoms with Crippen LogP contribution in [0.15, 0.2) is 42.7 Å². The molecule has 132 valence electrons. The van der Waals surface area contributed by atoms with Gasteiger partial charge in [0.2, 0.25) is 5.91 Å². The van der Waals surface area contributed by atoms with Crippen LogP contribution in [0.2, 0.25) is 0 Å². The van der Waals surface area contributed by atoms with Crippen molar-refractivity contribution in [2.75, 3.05) is 13.2 Å². The minimum Gasteiger partial charge on any atom is -0.492 e. The number of likely N-dealkylation sites (tertiary alicyclic amines) is 1. The second-order valence-corrected chi connectivity index (χ2v) is 6.06. The number of ether oxygens (including phenoxy) is 1. The third-order valence-electron chi connectivity index (χ3n) is 4.34. The number of hydrogen-bond acceptors (Lipinski definition) is 3. The Hall–Kier alpha value is -2.50. The molecule has 1 amide bonds. The van der Waals surface area contributed by atoms with Gasteiger partial charge in [-0.25, -0.2) is 8.78 Å². The maximum Gasteiger partial charge on any atom is 0.223 e. The summed E-state index contributed by atoms with van der Waals surface area (Å²) >= 11 is 0. The summed E-state index contributed by atoms with van der Waals surface area (Å²) in [5, 5.41) is 0. The summed E-state index contributed by atoms with van der Waals surface area (Å²) in [7, 11) is 0. The van der Waals surface area contributed by atoms with E-state index in [1.807, 2.05) is 6.07 Å². The Kier molecular flexibility index (Phi) is 5.58. The zero-order chi connectivity index (χ0) is 17.6. The first-order valence-corrected chi connectivity index (χ1v) is 8.42. The molecule has 0 radical (unpaired) electrons. The van der Waals surface area contributed by atoms with Crippen LogP contribution in [0.3, 0.4) is 0 Å². The summed E-state index contributed by atoms with van der Waals surface area (Å²) in [6.07, 6.45) is 5.88. The number of hydrogen-bond donors (Lipinski definition) is 0. The van der Waals surface area contributed by atoms with Gasteiger partial charge in [0.05, 0.1) is 18.8 Å². The van der Waals surface area contributed by atoms with Crippen molar-refractivity contribution in [2.24, 2.45) is 0 Å². The average Bonchev–Trinajstić information content (AvgIpc) is 3.12. The molecule has 2 heterocycles. The fourth-order valence-corrected chi connectivity index (χ4v) is 3.12. The van der Waals surface area contributed by atoms with Crippen LogP contribution >= 0.6 is 0 Å². The van der Waals surface area contributed by atoms with Gasteiger partial charge in [-0.1, -0.05) is 6.07 Å². The van der Waals surface area contributed by atoms with Gasteiger partial charge in [0.1, 0.15) is 5.75 Å². The van der Waals surface area contributed by atoms with Crippen molar-refractivity contribution in [3.63, 3.8) is 0 Å². The van der Waals surface area contributed by atoms with Gasteiger partial charge in [0.25, 0.3) is 0 Å². The maximum atomic E-state index is 13.5. The van der Waals surface area contributed by atoms with E-state index in [1.54, 1.807) is 29.4 Å². The lowest BCUT2D eigenvalue weighted by Crippen LogP contribution is -2.30. The number of benzene rings is 1. The molecule has 0 spiro atoms. The molecule has 0 unspecified atom stereocenters. The highest BCUT2D eigenvalue weighted by atomic mass is 19.2. The highest BCUT2D eigenvalue weighted by Gasteiger charge is 2.30. The predicted octanol–water partition coefficient (Wildman–Crippen LogP) is 3.88. The van der Waals surface area contributed by atoms with Crippen molar-refractivity contribution >= 4 is 5.91 Å². The first-order chi connectivity index (χ1) is 12.1. The van der Waals surface area contributed by atoms with E-state index in [0.717, 1.165) is 18.9 Å².